The summed E-state index contributed by atoms with van der Waals surface area (Å²) in [6, 6.07) is 4.09. The molecular formula is C16H23F3O5Si. The van der Waals surface area contributed by atoms with Crippen LogP contribution in [0.1, 0.15) is 11.7 Å². The van der Waals surface area contributed by atoms with Crippen molar-refractivity contribution < 1.29 is 37.3 Å². The maximum atomic E-state index is 14.1. The summed E-state index contributed by atoms with van der Waals surface area (Å²) in [7, 11) is -1.28. The van der Waals surface area contributed by atoms with Crippen LogP contribution in [0.25, 0.3) is 0 Å². The summed E-state index contributed by atoms with van der Waals surface area (Å²) < 4.78 is 53.3. The van der Waals surface area contributed by atoms with Crippen molar-refractivity contribution in [1.29, 1.82) is 0 Å². The van der Waals surface area contributed by atoms with Gasteiger partial charge in [-0.2, -0.15) is 0 Å². The fraction of sp³-hybridized carbons (Fsp3) is 0.562. The van der Waals surface area contributed by atoms with E-state index in [0.29, 0.717) is 6.61 Å². The molecule has 0 unspecified atom stereocenters. The van der Waals surface area contributed by atoms with Crippen LogP contribution >= 0.6 is 0 Å². The van der Waals surface area contributed by atoms with E-state index < -0.39 is 39.0 Å². The van der Waals surface area contributed by atoms with Gasteiger partial charge in [-0.3, -0.25) is 0 Å². The van der Waals surface area contributed by atoms with Gasteiger partial charge in [-0.25, -0.2) is 18.0 Å². The Hall–Kier alpha value is -1.58. The van der Waals surface area contributed by atoms with Gasteiger partial charge in [-0.15, -0.1) is 0 Å². The molecule has 1 atom stereocenters. The van der Waals surface area contributed by atoms with Crippen LogP contribution in [0.5, 0.6) is 5.75 Å². The van der Waals surface area contributed by atoms with Crippen molar-refractivity contribution in [3.63, 3.8) is 0 Å². The molecule has 0 bridgehead atoms. The summed E-state index contributed by atoms with van der Waals surface area (Å²) in [6.07, 6.45) is -4.25. The topological polar surface area (TPSA) is 65.0 Å². The molecule has 0 aliphatic rings. The molecule has 0 spiro atoms. The molecule has 0 aromatic heterocycles. The van der Waals surface area contributed by atoms with Crippen molar-refractivity contribution in [1.82, 2.24) is 0 Å². The smallest absolute Gasteiger partial charge is 0.337 e. The van der Waals surface area contributed by atoms with Crippen molar-refractivity contribution >= 4 is 14.0 Å². The number of hydrogen-bond donors (Lipinski definition) is 1. The number of alkyl halides is 2. The molecule has 0 radical (unpaired) electrons. The van der Waals surface area contributed by atoms with Crippen LogP contribution in [0, 0.1) is 5.82 Å². The Balaban J connectivity index is 2.64. The maximum absolute atomic E-state index is 14.1. The third kappa shape index (κ3) is 8.37. The van der Waals surface area contributed by atoms with E-state index in [1.165, 1.54) is 6.07 Å². The summed E-state index contributed by atoms with van der Waals surface area (Å²) in [5, 5.41) is 9.21. The second-order valence-corrected chi connectivity index (χ2v) is 12.2. The minimum Gasteiger partial charge on any atom is -0.488 e. The molecule has 0 heterocycles. The molecule has 25 heavy (non-hydrogen) atoms. The zero-order valence-corrected chi connectivity index (χ0v) is 15.4. The highest BCUT2D eigenvalue weighted by atomic mass is 28.3. The summed E-state index contributed by atoms with van der Waals surface area (Å²) >= 11 is 0. The Bertz CT molecular complexity index is 563. The van der Waals surface area contributed by atoms with Gasteiger partial charge >= 0.3 is 5.97 Å². The van der Waals surface area contributed by atoms with Gasteiger partial charge in [-0.1, -0.05) is 19.6 Å². The first-order chi connectivity index (χ1) is 11.6. The number of hydrogen-bond acceptors (Lipinski definition) is 4. The molecule has 0 saturated heterocycles. The minimum absolute atomic E-state index is 0.114. The highest BCUT2D eigenvalue weighted by Gasteiger charge is 2.25. The number of carboxylic acid groups (broad SMARTS) is 1. The molecule has 0 aliphatic heterocycles. The van der Waals surface area contributed by atoms with Crippen LogP contribution in [0.2, 0.25) is 25.7 Å². The van der Waals surface area contributed by atoms with Crippen molar-refractivity contribution in [3.05, 3.63) is 29.6 Å². The highest BCUT2D eigenvalue weighted by molar-refractivity contribution is 6.76. The third-order valence-corrected chi connectivity index (χ3v) is 4.87. The average molecular weight is 380 g/mol. The standard InChI is InChI=1S/C16H23F3O5Si/c1-25(2,3)7-6-22-10-24-15(16(20)21)12-5-4-11(8-13(12)17)23-9-14(18)19/h4-5,8,14-15H,6-7,9-10H2,1-3H3,(H,20,21)/t15-/m0/s1. The van der Waals surface area contributed by atoms with E-state index in [2.05, 4.69) is 24.4 Å². The monoisotopic (exact) mass is 380 g/mol. The van der Waals surface area contributed by atoms with Crippen molar-refractivity contribution in [2.75, 3.05) is 20.0 Å². The maximum Gasteiger partial charge on any atom is 0.337 e. The van der Waals surface area contributed by atoms with Gasteiger partial charge in [0.05, 0.1) is 0 Å². The normalized spacial score (nSPS) is 13.1. The van der Waals surface area contributed by atoms with Gasteiger partial charge in [0.25, 0.3) is 6.43 Å². The van der Waals surface area contributed by atoms with Crippen molar-refractivity contribution in [3.8, 4) is 5.75 Å². The van der Waals surface area contributed by atoms with Crippen LogP contribution in [0.15, 0.2) is 18.2 Å². The highest BCUT2D eigenvalue weighted by Crippen LogP contribution is 2.25. The van der Waals surface area contributed by atoms with Gasteiger partial charge in [0.15, 0.2) is 6.10 Å². The summed E-state index contributed by atoms with van der Waals surface area (Å²) in [6.45, 7) is 5.79. The van der Waals surface area contributed by atoms with E-state index in [1.54, 1.807) is 0 Å². The lowest BCUT2D eigenvalue weighted by Gasteiger charge is -2.18. The quantitative estimate of drug-likeness (QED) is 0.358. The van der Waals surface area contributed by atoms with Crippen molar-refractivity contribution in [2.45, 2.75) is 38.2 Å². The number of aliphatic carboxylic acids is 1. The Labute approximate surface area is 145 Å². The summed E-state index contributed by atoms with van der Waals surface area (Å²) in [5.74, 6) is -2.41. The Morgan fingerprint density at radius 2 is 1.96 bits per heavy atom. The molecule has 0 amide bonds. The van der Waals surface area contributed by atoms with E-state index in [4.69, 9.17) is 9.47 Å². The molecule has 0 fully saturated rings. The largest absolute Gasteiger partial charge is 0.488 e. The first-order valence-electron chi connectivity index (χ1n) is 7.72. The lowest BCUT2D eigenvalue weighted by atomic mass is 10.1. The zero-order valence-electron chi connectivity index (χ0n) is 14.4. The predicted octanol–water partition coefficient (Wildman–Crippen LogP) is 3.92. The van der Waals surface area contributed by atoms with Crippen molar-refractivity contribution in [2.24, 2.45) is 0 Å². The van der Waals surface area contributed by atoms with Gasteiger partial charge in [-0.05, 0) is 18.2 Å². The number of benzene rings is 1. The average Bonchev–Trinajstić information content (AvgIpc) is 2.48. The first kappa shape index (κ1) is 21.5. The van der Waals surface area contributed by atoms with Gasteiger partial charge in [0, 0.05) is 26.3 Å². The van der Waals surface area contributed by atoms with Crippen LogP contribution < -0.4 is 4.74 Å². The molecule has 1 rings (SSSR count). The molecule has 142 valence electrons. The fourth-order valence-electron chi connectivity index (χ4n) is 1.82. The van der Waals surface area contributed by atoms with Crippen LogP contribution in [-0.2, 0) is 14.3 Å². The van der Waals surface area contributed by atoms with E-state index in [0.717, 1.165) is 18.2 Å². The third-order valence-electron chi connectivity index (χ3n) is 3.17. The molecule has 0 saturated carbocycles. The molecule has 0 aliphatic carbocycles. The molecule has 1 N–H and O–H groups in total. The second kappa shape index (κ2) is 9.78. The SMILES string of the molecule is C[Si](C)(C)CCOCO[C@H](C(=O)O)c1ccc(OCC(F)F)cc1F. The Kier molecular flexibility index (Phi) is 8.40. The minimum atomic E-state index is -2.69. The van der Waals surface area contributed by atoms with Crippen LogP contribution in [-0.4, -0.2) is 45.6 Å². The second-order valence-electron chi connectivity index (χ2n) is 6.61. The van der Waals surface area contributed by atoms with E-state index in [-0.39, 0.29) is 18.1 Å². The number of halogens is 3. The van der Waals surface area contributed by atoms with Gasteiger partial charge in [0.1, 0.15) is 25.0 Å². The van der Waals surface area contributed by atoms with Crippen LogP contribution in [0.4, 0.5) is 13.2 Å². The van der Waals surface area contributed by atoms with Gasteiger partial charge in [0.2, 0.25) is 0 Å². The molecular weight excluding hydrogens is 357 g/mol. The van der Waals surface area contributed by atoms with E-state index in [1.807, 2.05) is 0 Å². The van der Waals surface area contributed by atoms with E-state index >= 15 is 0 Å². The number of rotatable bonds is 11. The molecule has 5 nitrogen and oxygen atoms in total. The zero-order chi connectivity index (χ0) is 19.0. The Morgan fingerprint density at radius 3 is 2.48 bits per heavy atom. The number of ether oxygens (including phenoxy) is 3. The lowest BCUT2D eigenvalue weighted by molar-refractivity contribution is -0.161. The van der Waals surface area contributed by atoms with Crippen LogP contribution in [0.3, 0.4) is 0 Å². The van der Waals surface area contributed by atoms with Gasteiger partial charge < -0.3 is 19.3 Å². The molecule has 1 aromatic carbocycles. The first-order valence-corrected chi connectivity index (χ1v) is 11.4. The molecule has 9 heteroatoms. The summed E-state index contributed by atoms with van der Waals surface area (Å²) in [5.41, 5.74) is -0.231. The predicted molar refractivity (Wildman–Crippen MR) is 88.3 cm³/mol. The number of carbonyl (C=O) groups is 1. The molecule has 1 aromatic rings. The fourth-order valence-corrected chi connectivity index (χ4v) is 2.57. The Morgan fingerprint density at radius 1 is 1.28 bits per heavy atom. The lowest BCUT2D eigenvalue weighted by Crippen LogP contribution is -2.23. The summed E-state index contributed by atoms with van der Waals surface area (Å²) in [4.78, 5) is 11.3. The van der Waals surface area contributed by atoms with E-state index in [9.17, 15) is 23.1 Å². The number of carboxylic acids is 1.